The van der Waals surface area contributed by atoms with Gasteiger partial charge in [0.2, 0.25) is 0 Å². The molecule has 2 rings (SSSR count). The Bertz CT molecular complexity index is 635. The van der Waals surface area contributed by atoms with Crippen LogP contribution in [-0.4, -0.2) is 17.0 Å². The molecule has 20 heavy (non-hydrogen) atoms. The lowest BCUT2D eigenvalue weighted by Gasteiger charge is -2.06. The molecule has 4 nitrogen and oxygen atoms in total. The van der Waals surface area contributed by atoms with Crippen molar-refractivity contribution in [1.29, 1.82) is 0 Å². The zero-order valence-electron chi connectivity index (χ0n) is 10.4. The van der Waals surface area contributed by atoms with Crippen molar-refractivity contribution in [2.45, 2.75) is 6.61 Å². The van der Waals surface area contributed by atoms with E-state index in [0.29, 0.717) is 5.56 Å². The molecule has 0 radical (unpaired) electrons. The average Bonchev–Trinajstić information content (AvgIpc) is 2.45. The molecule has 1 N–H and O–H groups in total. The second-order valence-electron chi connectivity index (χ2n) is 4.06. The van der Waals surface area contributed by atoms with Crippen molar-refractivity contribution in [1.82, 2.24) is 0 Å². The Morgan fingerprint density at radius 1 is 1.05 bits per heavy atom. The highest BCUT2D eigenvalue weighted by molar-refractivity contribution is 5.89. The first kappa shape index (κ1) is 13.7. The molecular formula is C15H11FO4. The van der Waals surface area contributed by atoms with Gasteiger partial charge >= 0.3 is 11.9 Å². The summed E-state index contributed by atoms with van der Waals surface area (Å²) in [6.07, 6.45) is 0. The van der Waals surface area contributed by atoms with Crippen molar-refractivity contribution in [2.75, 3.05) is 0 Å². The molecule has 0 unspecified atom stereocenters. The minimum atomic E-state index is -1.03. The SMILES string of the molecule is O=C(O)c1ccc(COC(=O)c2ccccc2F)cc1. The highest BCUT2D eigenvalue weighted by Gasteiger charge is 2.12. The highest BCUT2D eigenvalue weighted by atomic mass is 19.1. The zero-order chi connectivity index (χ0) is 14.5. The van der Waals surface area contributed by atoms with Crippen LogP contribution < -0.4 is 0 Å². The topological polar surface area (TPSA) is 63.6 Å². The predicted octanol–water partition coefficient (Wildman–Crippen LogP) is 2.88. The summed E-state index contributed by atoms with van der Waals surface area (Å²) >= 11 is 0. The third-order valence-electron chi connectivity index (χ3n) is 2.66. The number of aromatic carboxylic acids is 1. The van der Waals surface area contributed by atoms with Crippen molar-refractivity contribution >= 4 is 11.9 Å². The van der Waals surface area contributed by atoms with Crippen LogP contribution >= 0.6 is 0 Å². The Labute approximate surface area is 114 Å². The maximum absolute atomic E-state index is 13.3. The lowest BCUT2D eigenvalue weighted by Crippen LogP contribution is -2.07. The number of carboxylic acid groups (broad SMARTS) is 1. The van der Waals surface area contributed by atoms with Gasteiger partial charge in [-0.3, -0.25) is 0 Å². The molecule has 0 heterocycles. The Balaban J connectivity index is 2.00. The zero-order valence-corrected chi connectivity index (χ0v) is 10.4. The van der Waals surface area contributed by atoms with Crippen LogP contribution in [-0.2, 0) is 11.3 Å². The molecular weight excluding hydrogens is 263 g/mol. The van der Waals surface area contributed by atoms with E-state index in [-0.39, 0.29) is 17.7 Å². The number of carbonyl (C=O) groups excluding carboxylic acids is 1. The van der Waals surface area contributed by atoms with Crippen LogP contribution in [0.3, 0.4) is 0 Å². The van der Waals surface area contributed by atoms with E-state index < -0.39 is 17.8 Å². The fourth-order valence-electron chi connectivity index (χ4n) is 1.60. The largest absolute Gasteiger partial charge is 0.478 e. The van der Waals surface area contributed by atoms with Gasteiger partial charge in [0.05, 0.1) is 11.1 Å². The van der Waals surface area contributed by atoms with Gasteiger partial charge in [-0.1, -0.05) is 24.3 Å². The van der Waals surface area contributed by atoms with Crippen molar-refractivity contribution in [3.05, 3.63) is 71.0 Å². The van der Waals surface area contributed by atoms with Gasteiger partial charge in [0.15, 0.2) is 0 Å². The first-order chi connectivity index (χ1) is 9.58. The fraction of sp³-hybridized carbons (Fsp3) is 0.0667. The van der Waals surface area contributed by atoms with Gasteiger partial charge in [0.25, 0.3) is 0 Å². The summed E-state index contributed by atoms with van der Waals surface area (Å²) in [5.41, 5.74) is 0.642. The quantitative estimate of drug-likeness (QED) is 0.871. The number of benzene rings is 2. The van der Waals surface area contributed by atoms with Gasteiger partial charge in [0.1, 0.15) is 12.4 Å². The van der Waals surface area contributed by atoms with E-state index in [9.17, 15) is 14.0 Å². The Hall–Kier alpha value is -2.69. The number of carboxylic acids is 1. The Kier molecular flexibility index (Phi) is 4.10. The van der Waals surface area contributed by atoms with Crippen LogP contribution in [0.1, 0.15) is 26.3 Å². The van der Waals surface area contributed by atoms with Crippen molar-refractivity contribution in [2.24, 2.45) is 0 Å². The third-order valence-corrected chi connectivity index (χ3v) is 2.66. The van der Waals surface area contributed by atoms with E-state index in [1.54, 1.807) is 6.07 Å². The molecule has 5 heteroatoms. The molecule has 2 aromatic carbocycles. The standard InChI is InChI=1S/C15H11FO4/c16-13-4-2-1-3-12(13)15(19)20-9-10-5-7-11(8-6-10)14(17)18/h1-8H,9H2,(H,17,18). The monoisotopic (exact) mass is 274 g/mol. The van der Waals surface area contributed by atoms with E-state index in [1.807, 2.05) is 0 Å². The van der Waals surface area contributed by atoms with Crippen molar-refractivity contribution < 1.29 is 23.8 Å². The second kappa shape index (κ2) is 5.97. The summed E-state index contributed by atoms with van der Waals surface area (Å²) in [4.78, 5) is 22.3. The predicted molar refractivity (Wildman–Crippen MR) is 68.9 cm³/mol. The number of halogens is 1. The summed E-state index contributed by atoms with van der Waals surface area (Å²) < 4.78 is 18.3. The van der Waals surface area contributed by atoms with E-state index in [0.717, 1.165) is 0 Å². The molecule has 0 amide bonds. The highest BCUT2D eigenvalue weighted by Crippen LogP contribution is 2.11. The van der Waals surface area contributed by atoms with Gasteiger partial charge in [-0.25, -0.2) is 14.0 Å². The Morgan fingerprint density at radius 2 is 1.70 bits per heavy atom. The van der Waals surface area contributed by atoms with Crippen molar-refractivity contribution in [3.8, 4) is 0 Å². The first-order valence-electron chi connectivity index (χ1n) is 5.82. The molecule has 0 aromatic heterocycles. The van der Waals surface area contributed by atoms with E-state index in [4.69, 9.17) is 9.84 Å². The number of hydrogen-bond acceptors (Lipinski definition) is 3. The van der Waals surface area contributed by atoms with Crippen LogP contribution in [0.5, 0.6) is 0 Å². The second-order valence-corrected chi connectivity index (χ2v) is 4.06. The first-order valence-corrected chi connectivity index (χ1v) is 5.82. The molecule has 0 saturated carbocycles. The summed E-state index contributed by atoms with van der Waals surface area (Å²) in [5.74, 6) is -2.43. The van der Waals surface area contributed by atoms with Crippen molar-refractivity contribution in [3.63, 3.8) is 0 Å². The van der Waals surface area contributed by atoms with Gasteiger partial charge < -0.3 is 9.84 Å². The fourth-order valence-corrected chi connectivity index (χ4v) is 1.60. The lowest BCUT2D eigenvalue weighted by molar-refractivity contribution is 0.0466. The minimum absolute atomic E-state index is 0.0485. The van der Waals surface area contributed by atoms with Gasteiger partial charge in [-0.2, -0.15) is 0 Å². The van der Waals surface area contributed by atoms with Crippen LogP contribution in [0.2, 0.25) is 0 Å². The smallest absolute Gasteiger partial charge is 0.341 e. The molecule has 102 valence electrons. The van der Waals surface area contributed by atoms with Crippen LogP contribution in [0.4, 0.5) is 4.39 Å². The van der Waals surface area contributed by atoms with E-state index >= 15 is 0 Å². The molecule has 0 aliphatic heterocycles. The average molecular weight is 274 g/mol. The van der Waals surface area contributed by atoms with Crippen LogP contribution in [0.25, 0.3) is 0 Å². The maximum atomic E-state index is 13.3. The number of rotatable bonds is 4. The Morgan fingerprint density at radius 3 is 2.30 bits per heavy atom. The number of hydrogen-bond donors (Lipinski definition) is 1. The van der Waals surface area contributed by atoms with Gasteiger partial charge in [-0.15, -0.1) is 0 Å². The maximum Gasteiger partial charge on any atom is 0.341 e. The normalized spacial score (nSPS) is 10.1. The van der Waals surface area contributed by atoms with E-state index in [2.05, 4.69) is 0 Å². The molecule has 2 aromatic rings. The molecule has 0 spiro atoms. The lowest BCUT2D eigenvalue weighted by atomic mass is 10.1. The molecule has 0 fully saturated rings. The molecule has 0 saturated heterocycles. The molecule has 0 aliphatic carbocycles. The molecule has 0 atom stereocenters. The summed E-state index contributed by atoms with van der Waals surface area (Å²) in [5, 5.41) is 8.75. The number of ether oxygens (including phenoxy) is 1. The molecule has 0 bridgehead atoms. The third kappa shape index (κ3) is 3.20. The molecule has 0 aliphatic rings. The number of carbonyl (C=O) groups is 2. The van der Waals surface area contributed by atoms with Crippen LogP contribution in [0.15, 0.2) is 48.5 Å². The number of esters is 1. The van der Waals surface area contributed by atoms with Gasteiger partial charge in [-0.05, 0) is 29.8 Å². The summed E-state index contributed by atoms with van der Waals surface area (Å²) in [6.45, 7) is -0.0485. The summed E-state index contributed by atoms with van der Waals surface area (Å²) in [7, 11) is 0. The van der Waals surface area contributed by atoms with Gasteiger partial charge in [0, 0.05) is 0 Å². The minimum Gasteiger partial charge on any atom is -0.478 e. The van der Waals surface area contributed by atoms with Crippen LogP contribution in [0, 0.1) is 5.82 Å². The van der Waals surface area contributed by atoms with E-state index in [1.165, 1.54) is 42.5 Å². The summed E-state index contributed by atoms with van der Waals surface area (Å²) in [6, 6.07) is 11.4.